The SMILES string of the molecule is CC[C@H](C)[C@H](CO)N1C(=O)[C@@H]2[C@H](C(=O)NCc3ccccc3)[C@@H]3CC(C)C2(S3)C1C(=O)Nc1ccc(N(CC)CC)cc1. The van der Waals surface area contributed by atoms with E-state index >= 15 is 0 Å². The Labute approximate surface area is 260 Å². The number of carbonyl (C=O) groups is 3. The van der Waals surface area contributed by atoms with Crippen LogP contribution in [0.1, 0.15) is 53.0 Å². The van der Waals surface area contributed by atoms with E-state index in [0.29, 0.717) is 12.2 Å². The topological polar surface area (TPSA) is 102 Å². The highest BCUT2D eigenvalue weighted by molar-refractivity contribution is 8.02. The van der Waals surface area contributed by atoms with Crippen molar-refractivity contribution in [3.63, 3.8) is 0 Å². The van der Waals surface area contributed by atoms with Crippen molar-refractivity contribution in [1.82, 2.24) is 10.2 Å². The van der Waals surface area contributed by atoms with Crippen molar-refractivity contribution in [1.29, 1.82) is 0 Å². The van der Waals surface area contributed by atoms with Gasteiger partial charge in [0, 0.05) is 36.3 Å². The number of aliphatic hydroxyl groups is 1. The van der Waals surface area contributed by atoms with Gasteiger partial charge < -0.3 is 25.5 Å². The summed E-state index contributed by atoms with van der Waals surface area (Å²) in [6, 6.07) is 16.3. The van der Waals surface area contributed by atoms with Gasteiger partial charge in [-0.1, -0.05) is 57.5 Å². The standard InChI is InChI=1S/C34H46N4O4S/c1-6-21(4)26(20-39)38-30(32(41)36-24-14-16-25(17-15-24)37(7-2)8-3)34-22(5)18-27(43-34)28(29(34)33(38)42)31(40)35-19-23-12-10-9-11-13-23/h9-17,21-22,26-30,39H,6-8,18-20H2,1-5H3,(H,35,40)(H,36,41)/t21-,22?,26-,27-,28+,29-,30?,34?/m0/s1. The lowest BCUT2D eigenvalue weighted by atomic mass is 9.66. The number of benzene rings is 2. The molecule has 3 N–H and O–H groups in total. The Hall–Kier alpha value is -3.04. The van der Waals surface area contributed by atoms with Crippen LogP contribution in [0.15, 0.2) is 54.6 Å². The van der Waals surface area contributed by atoms with Gasteiger partial charge in [0.15, 0.2) is 0 Å². The van der Waals surface area contributed by atoms with Crippen molar-refractivity contribution in [3.05, 3.63) is 60.2 Å². The van der Waals surface area contributed by atoms with Gasteiger partial charge in [-0.25, -0.2) is 0 Å². The van der Waals surface area contributed by atoms with E-state index in [4.69, 9.17) is 0 Å². The van der Waals surface area contributed by atoms with Gasteiger partial charge in [-0.2, -0.15) is 0 Å². The molecule has 0 aromatic heterocycles. The first-order valence-electron chi connectivity index (χ1n) is 15.8. The van der Waals surface area contributed by atoms with E-state index in [0.717, 1.165) is 37.2 Å². The third kappa shape index (κ3) is 5.43. The van der Waals surface area contributed by atoms with E-state index in [1.165, 1.54) is 0 Å². The monoisotopic (exact) mass is 606 g/mol. The fourth-order valence-corrected chi connectivity index (χ4v) is 10.1. The number of hydrogen-bond donors (Lipinski definition) is 3. The molecule has 0 aliphatic carbocycles. The third-order valence-corrected chi connectivity index (χ3v) is 12.2. The summed E-state index contributed by atoms with van der Waals surface area (Å²) in [6.07, 6.45) is 1.52. The number of carbonyl (C=O) groups excluding carboxylic acids is 3. The summed E-state index contributed by atoms with van der Waals surface area (Å²) < 4.78 is -0.747. The maximum atomic E-state index is 14.5. The van der Waals surface area contributed by atoms with Crippen molar-refractivity contribution in [3.8, 4) is 0 Å². The van der Waals surface area contributed by atoms with E-state index in [9.17, 15) is 19.5 Å². The van der Waals surface area contributed by atoms with Gasteiger partial charge in [-0.3, -0.25) is 14.4 Å². The Morgan fingerprint density at radius 1 is 1.07 bits per heavy atom. The molecule has 43 heavy (non-hydrogen) atoms. The number of aliphatic hydroxyl groups excluding tert-OH is 1. The molecule has 8 nitrogen and oxygen atoms in total. The average molecular weight is 607 g/mol. The molecule has 3 amide bonds. The quantitative estimate of drug-likeness (QED) is 0.328. The molecule has 9 heteroatoms. The second kappa shape index (κ2) is 12.9. The second-order valence-corrected chi connectivity index (χ2v) is 13.9. The fraction of sp³-hybridized carbons (Fsp3) is 0.559. The molecule has 3 unspecified atom stereocenters. The number of anilines is 2. The Balaban J connectivity index is 1.48. The molecule has 1 spiro atoms. The van der Waals surface area contributed by atoms with Crippen LogP contribution in [0.25, 0.3) is 0 Å². The predicted molar refractivity (Wildman–Crippen MR) is 173 cm³/mol. The van der Waals surface area contributed by atoms with Crippen LogP contribution in [0.2, 0.25) is 0 Å². The molecular weight excluding hydrogens is 560 g/mol. The van der Waals surface area contributed by atoms with Crippen molar-refractivity contribution < 1.29 is 19.5 Å². The summed E-state index contributed by atoms with van der Waals surface area (Å²) in [5, 5.41) is 16.8. The lowest BCUT2D eigenvalue weighted by Gasteiger charge is -2.41. The Morgan fingerprint density at radius 2 is 1.74 bits per heavy atom. The molecular formula is C34H46N4O4S. The molecule has 2 aromatic carbocycles. The molecule has 232 valence electrons. The summed E-state index contributed by atoms with van der Waals surface area (Å²) in [4.78, 5) is 46.6. The summed E-state index contributed by atoms with van der Waals surface area (Å²) in [7, 11) is 0. The molecule has 3 aliphatic rings. The summed E-state index contributed by atoms with van der Waals surface area (Å²) in [5.41, 5.74) is 2.74. The van der Waals surface area contributed by atoms with Gasteiger partial charge in [0.05, 0.1) is 29.2 Å². The first kappa shape index (κ1) is 31.4. The van der Waals surface area contributed by atoms with Crippen LogP contribution in [-0.2, 0) is 20.9 Å². The van der Waals surface area contributed by atoms with Crippen LogP contribution >= 0.6 is 11.8 Å². The molecule has 0 radical (unpaired) electrons. The van der Waals surface area contributed by atoms with Gasteiger partial charge in [-0.05, 0) is 61.9 Å². The number of nitrogens with one attached hydrogen (secondary N) is 2. The minimum atomic E-state index is -0.796. The zero-order chi connectivity index (χ0) is 30.9. The van der Waals surface area contributed by atoms with E-state index < -0.39 is 28.7 Å². The lowest BCUT2D eigenvalue weighted by Crippen LogP contribution is -2.58. The number of likely N-dealkylation sites (tertiary alicyclic amines) is 1. The largest absolute Gasteiger partial charge is 0.394 e. The Bertz CT molecular complexity index is 1300. The highest BCUT2D eigenvalue weighted by atomic mass is 32.2. The first-order chi connectivity index (χ1) is 20.7. The third-order valence-electron chi connectivity index (χ3n) is 10.2. The first-order valence-corrected chi connectivity index (χ1v) is 16.7. The lowest BCUT2D eigenvalue weighted by molar-refractivity contribution is -0.143. The van der Waals surface area contributed by atoms with Gasteiger partial charge in [0.2, 0.25) is 17.7 Å². The average Bonchev–Trinajstić information content (AvgIpc) is 3.62. The van der Waals surface area contributed by atoms with E-state index in [1.807, 2.05) is 68.4 Å². The maximum absolute atomic E-state index is 14.5. The van der Waals surface area contributed by atoms with Crippen molar-refractivity contribution in [2.24, 2.45) is 23.7 Å². The fourth-order valence-electron chi connectivity index (χ4n) is 7.69. The highest BCUT2D eigenvalue weighted by Gasteiger charge is 2.76. The number of hydrogen-bond acceptors (Lipinski definition) is 6. The van der Waals surface area contributed by atoms with Gasteiger partial charge in [-0.15, -0.1) is 11.8 Å². The molecule has 8 atom stereocenters. The molecule has 3 fully saturated rings. The van der Waals surface area contributed by atoms with E-state index in [-0.39, 0.29) is 41.4 Å². The molecule has 2 bridgehead atoms. The zero-order valence-electron chi connectivity index (χ0n) is 26.0. The van der Waals surface area contributed by atoms with E-state index in [2.05, 4.69) is 36.3 Å². The molecule has 5 rings (SSSR count). The van der Waals surface area contributed by atoms with Crippen molar-refractivity contribution in [2.45, 2.75) is 76.1 Å². The minimum absolute atomic E-state index is 0.0179. The van der Waals surface area contributed by atoms with Crippen LogP contribution in [0.5, 0.6) is 0 Å². The smallest absolute Gasteiger partial charge is 0.248 e. The van der Waals surface area contributed by atoms with Gasteiger partial charge in [0.1, 0.15) is 6.04 Å². The molecule has 0 saturated carbocycles. The molecule has 3 saturated heterocycles. The Morgan fingerprint density at radius 3 is 2.35 bits per heavy atom. The number of rotatable bonds is 12. The van der Waals surface area contributed by atoms with Crippen LogP contribution < -0.4 is 15.5 Å². The maximum Gasteiger partial charge on any atom is 0.248 e. The number of nitrogens with zero attached hydrogens (tertiary/aromatic N) is 2. The Kier molecular flexibility index (Phi) is 9.42. The molecule has 3 aliphatic heterocycles. The van der Waals surface area contributed by atoms with E-state index in [1.54, 1.807) is 16.7 Å². The molecule has 2 aromatic rings. The van der Waals surface area contributed by atoms with Crippen LogP contribution in [0.3, 0.4) is 0 Å². The summed E-state index contributed by atoms with van der Waals surface area (Å²) >= 11 is 1.66. The summed E-state index contributed by atoms with van der Waals surface area (Å²) in [6.45, 7) is 12.3. The number of fused-ring (bicyclic) bond motifs is 1. The predicted octanol–water partition coefficient (Wildman–Crippen LogP) is 4.53. The normalized spacial score (nSPS) is 28.8. The van der Waals surface area contributed by atoms with Crippen LogP contribution in [0, 0.1) is 23.7 Å². The minimum Gasteiger partial charge on any atom is -0.394 e. The van der Waals surface area contributed by atoms with Crippen LogP contribution in [0.4, 0.5) is 11.4 Å². The van der Waals surface area contributed by atoms with Gasteiger partial charge >= 0.3 is 0 Å². The molecule has 3 heterocycles. The van der Waals surface area contributed by atoms with Crippen molar-refractivity contribution >= 4 is 40.9 Å². The van der Waals surface area contributed by atoms with Crippen LogP contribution in [-0.4, -0.2) is 69.5 Å². The highest BCUT2D eigenvalue weighted by Crippen LogP contribution is 2.69. The number of amides is 3. The second-order valence-electron chi connectivity index (χ2n) is 12.3. The van der Waals surface area contributed by atoms with Gasteiger partial charge in [0.25, 0.3) is 0 Å². The summed E-state index contributed by atoms with van der Waals surface area (Å²) in [5.74, 6) is -1.68. The number of thioether (sulfide) groups is 1. The van der Waals surface area contributed by atoms with Crippen molar-refractivity contribution in [2.75, 3.05) is 29.9 Å². The zero-order valence-corrected chi connectivity index (χ0v) is 26.8.